The molecule has 0 aromatic carbocycles. The molecule has 3 aliphatic rings. The van der Waals surface area contributed by atoms with Crippen molar-refractivity contribution >= 4 is 0 Å². The van der Waals surface area contributed by atoms with Crippen molar-refractivity contribution in [2.24, 2.45) is 11.8 Å². The van der Waals surface area contributed by atoms with Crippen LogP contribution in [0.2, 0.25) is 0 Å². The Hall–Kier alpha value is -0.380. The fourth-order valence-electron chi connectivity index (χ4n) is 2.32. The first-order valence-corrected chi connectivity index (χ1v) is 4.00. The molecular weight excluding hydrogens is 144 g/mol. The Bertz CT molecular complexity index is 213. The summed E-state index contributed by atoms with van der Waals surface area (Å²) in [5.41, 5.74) is 0. The van der Waals surface area contributed by atoms with E-state index in [0.717, 1.165) is 0 Å². The fraction of sp³-hybridized carbons (Fsp3) is 0.750. The SMILES string of the molecule is O[C@H]1OCC2C3C=CC(O3)C21. The molecule has 3 aliphatic heterocycles. The molecule has 2 bridgehead atoms. The molecule has 3 heteroatoms. The van der Waals surface area contributed by atoms with Gasteiger partial charge in [-0.3, -0.25) is 0 Å². The monoisotopic (exact) mass is 154 g/mol. The van der Waals surface area contributed by atoms with Crippen molar-refractivity contribution in [3.63, 3.8) is 0 Å². The van der Waals surface area contributed by atoms with Gasteiger partial charge in [0.15, 0.2) is 6.29 Å². The zero-order valence-corrected chi connectivity index (χ0v) is 6.01. The zero-order valence-electron chi connectivity index (χ0n) is 6.01. The lowest BCUT2D eigenvalue weighted by atomic mass is 9.85. The smallest absolute Gasteiger partial charge is 0.160 e. The summed E-state index contributed by atoms with van der Waals surface area (Å²) in [5, 5.41) is 9.39. The highest BCUT2D eigenvalue weighted by Gasteiger charge is 2.53. The normalized spacial score (nSPS) is 58.8. The van der Waals surface area contributed by atoms with Gasteiger partial charge in [0.05, 0.1) is 18.8 Å². The van der Waals surface area contributed by atoms with Gasteiger partial charge < -0.3 is 14.6 Å². The molecule has 0 spiro atoms. The highest BCUT2D eigenvalue weighted by atomic mass is 16.6. The summed E-state index contributed by atoms with van der Waals surface area (Å²) >= 11 is 0. The molecule has 0 amide bonds. The second-order valence-electron chi connectivity index (χ2n) is 3.42. The summed E-state index contributed by atoms with van der Waals surface area (Å²) in [7, 11) is 0. The first-order chi connectivity index (χ1) is 5.36. The number of aliphatic hydroxyl groups excluding tert-OH is 1. The van der Waals surface area contributed by atoms with Crippen molar-refractivity contribution in [3.8, 4) is 0 Å². The number of fused-ring (bicyclic) bond motifs is 5. The maximum Gasteiger partial charge on any atom is 0.160 e. The van der Waals surface area contributed by atoms with Crippen molar-refractivity contribution < 1.29 is 14.6 Å². The highest BCUT2D eigenvalue weighted by Crippen LogP contribution is 2.44. The number of rotatable bonds is 0. The predicted octanol–water partition coefficient (Wildman–Crippen LogP) is -0.0954. The van der Waals surface area contributed by atoms with Crippen LogP contribution in [-0.4, -0.2) is 30.2 Å². The Kier molecular flexibility index (Phi) is 1.04. The second kappa shape index (κ2) is 1.86. The largest absolute Gasteiger partial charge is 0.368 e. The molecule has 11 heavy (non-hydrogen) atoms. The van der Waals surface area contributed by atoms with E-state index < -0.39 is 6.29 Å². The number of aliphatic hydroxyl groups is 1. The molecule has 3 heterocycles. The van der Waals surface area contributed by atoms with Crippen molar-refractivity contribution in [3.05, 3.63) is 12.2 Å². The van der Waals surface area contributed by atoms with Crippen LogP contribution >= 0.6 is 0 Å². The minimum Gasteiger partial charge on any atom is -0.368 e. The summed E-state index contributed by atoms with van der Waals surface area (Å²) in [6, 6.07) is 0. The minimum atomic E-state index is -0.597. The Morgan fingerprint density at radius 3 is 2.91 bits per heavy atom. The van der Waals surface area contributed by atoms with Crippen LogP contribution < -0.4 is 0 Å². The van der Waals surface area contributed by atoms with E-state index >= 15 is 0 Å². The molecule has 0 aromatic rings. The van der Waals surface area contributed by atoms with E-state index in [2.05, 4.69) is 6.08 Å². The molecule has 60 valence electrons. The molecule has 0 aliphatic carbocycles. The van der Waals surface area contributed by atoms with E-state index in [1.165, 1.54) is 0 Å². The number of hydrogen-bond acceptors (Lipinski definition) is 3. The summed E-state index contributed by atoms with van der Waals surface area (Å²) in [6.07, 6.45) is 3.83. The van der Waals surface area contributed by atoms with Gasteiger partial charge in [0.2, 0.25) is 0 Å². The molecule has 1 N–H and O–H groups in total. The van der Waals surface area contributed by atoms with Crippen LogP contribution in [0.1, 0.15) is 0 Å². The summed E-state index contributed by atoms with van der Waals surface area (Å²) < 4.78 is 10.7. The Labute approximate surface area is 64.6 Å². The van der Waals surface area contributed by atoms with Crippen molar-refractivity contribution in [1.29, 1.82) is 0 Å². The lowest BCUT2D eigenvalue weighted by molar-refractivity contribution is -0.102. The van der Waals surface area contributed by atoms with Crippen LogP contribution in [0.4, 0.5) is 0 Å². The van der Waals surface area contributed by atoms with E-state index in [1.54, 1.807) is 0 Å². The van der Waals surface area contributed by atoms with E-state index in [9.17, 15) is 5.11 Å². The third-order valence-corrected chi connectivity index (χ3v) is 2.89. The average Bonchev–Trinajstić information content (AvgIpc) is 2.60. The van der Waals surface area contributed by atoms with Gasteiger partial charge in [0, 0.05) is 11.8 Å². The van der Waals surface area contributed by atoms with Crippen molar-refractivity contribution in [2.45, 2.75) is 18.5 Å². The zero-order chi connectivity index (χ0) is 7.42. The average molecular weight is 154 g/mol. The van der Waals surface area contributed by atoms with Gasteiger partial charge in [-0.25, -0.2) is 0 Å². The van der Waals surface area contributed by atoms with Gasteiger partial charge in [-0.05, 0) is 0 Å². The first-order valence-electron chi connectivity index (χ1n) is 4.00. The molecular formula is C8H10O3. The first kappa shape index (κ1) is 6.17. The lowest BCUT2D eigenvalue weighted by Gasteiger charge is -2.16. The lowest BCUT2D eigenvalue weighted by Crippen LogP contribution is -2.27. The third kappa shape index (κ3) is 0.637. The Morgan fingerprint density at radius 1 is 1.27 bits per heavy atom. The number of hydrogen-bond donors (Lipinski definition) is 1. The Balaban J connectivity index is 1.97. The molecule has 3 nitrogen and oxygen atoms in total. The second-order valence-corrected chi connectivity index (χ2v) is 3.42. The van der Waals surface area contributed by atoms with Crippen LogP contribution in [0.25, 0.3) is 0 Å². The summed E-state index contributed by atoms with van der Waals surface area (Å²) in [5.74, 6) is 0.602. The van der Waals surface area contributed by atoms with Crippen LogP contribution in [0.5, 0.6) is 0 Å². The van der Waals surface area contributed by atoms with Gasteiger partial charge in [-0.1, -0.05) is 12.2 Å². The van der Waals surface area contributed by atoms with E-state index in [-0.39, 0.29) is 18.1 Å². The molecule has 0 aromatic heterocycles. The maximum absolute atomic E-state index is 9.39. The predicted molar refractivity (Wildman–Crippen MR) is 36.7 cm³/mol. The van der Waals surface area contributed by atoms with Gasteiger partial charge in [-0.15, -0.1) is 0 Å². The molecule has 5 atom stereocenters. The quantitative estimate of drug-likeness (QED) is 0.495. The topological polar surface area (TPSA) is 38.7 Å². The Morgan fingerprint density at radius 2 is 2.09 bits per heavy atom. The van der Waals surface area contributed by atoms with Crippen molar-refractivity contribution in [1.82, 2.24) is 0 Å². The van der Waals surface area contributed by atoms with E-state index in [4.69, 9.17) is 9.47 Å². The highest BCUT2D eigenvalue weighted by molar-refractivity contribution is 5.16. The summed E-state index contributed by atoms with van der Waals surface area (Å²) in [4.78, 5) is 0. The van der Waals surface area contributed by atoms with Gasteiger partial charge in [0.25, 0.3) is 0 Å². The molecule has 2 fully saturated rings. The van der Waals surface area contributed by atoms with Gasteiger partial charge in [0.1, 0.15) is 0 Å². The van der Waals surface area contributed by atoms with Gasteiger partial charge in [-0.2, -0.15) is 0 Å². The maximum atomic E-state index is 9.39. The number of ether oxygens (including phenoxy) is 2. The summed E-state index contributed by atoms with van der Waals surface area (Å²) in [6.45, 7) is 0.650. The van der Waals surface area contributed by atoms with E-state index in [0.29, 0.717) is 12.5 Å². The van der Waals surface area contributed by atoms with Crippen LogP contribution in [0.3, 0.4) is 0 Å². The minimum absolute atomic E-state index is 0.113. The van der Waals surface area contributed by atoms with E-state index in [1.807, 2.05) is 6.08 Å². The van der Waals surface area contributed by atoms with Gasteiger partial charge >= 0.3 is 0 Å². The van der Waals surface area contributed by atoms with Crippen molar-refractivity contribution in [2.75, 3.05) is 6.61 Å². The molecule has 4 unspecified atom stereocenters. The molecule has 2 saturated heterocycles. The fourth-order valence-corrected chi connectivity index (χ4v) is 2.32. The molecule has 3 rings (SSSR count). The molecule has 0 saturated carbocycles. The standard InChI is InChI=1S/C8H10O3/c9-8-7-4(3-10-8)5-1-2-6(7)11-5/h1-2,4-9H,3H2/t4?,5?,6?,7?,8-/m0/s1. The third-order valence-electron chi connectivity index (χ3n) is 2.89. The van der Waals surface area contributed by atoms with Crippen LogP contribution in [0, 0.1) is 11.8 Å². The van der Waals surface area contributed by atoms with Crippen LogP contribution in [0.15, 0.2) is 12.2 Å². The van der Waals surface area contributed by atoms with Crippen LogP contribution in [-0.2, 0) is 9.47 Å². The molecule has 0 radical (unpaired) electrons.